The average molecular weight is 574 g/mol. The van der Waals surface area contributed by atoms with Crippen molar-refractivity contribution >= 4 is 55.8 Å². The quantitative estimate of drug-likeness (QED) is 0.284. The topological polar surface area (TPSA) is 6.48 Å². The number of rotatable bonds is 4. The second-order valence-corrected chi connectivity index (χ2v) is 18.6. The van der Waals surface area contributed by atoms with E-state index in [0.717, 1.165) is 0 Å². The molecule has 0 N–H and O–H groups in total. The molecule has 0 atom stereocenters. The van der Waals surface area contributed by atoms with Crippen LogP contribution in [0.25, 0.3) is 0 Å². The summed E-state index contributed by atoms with van der Waals surface area (Å²) in [5.74, 6) is 0. The summed E-state index contributed by atoms with van der Waals surface area (Å²) in [6, 6.07) is 43.4. The first kappa shape index (κ1) is 19.4. The third-order valence-electron chi connectivity index (χ3n) is 4.33. The summed E-state index contributed by atoms with van der Waals surface area (Å²) in [6.07, 6.45) is 0. The Bertz CT molecular complexity index is 894. The van der Waals surface area contributed by atoms with Crippen LogP contribution in [0.2, 0.25) is 0 Å². The van der Waals surface area contributed by atoms with Gasteiger partial charge in [0.1, 0.15) is 0 Å². The fourth-order valence-electron chi connectivity index (χ4n) is 2.96. The Morgan fingerprint density at radius 2 is 0.536 bits per heavy atom. The van der Waals surface area contributed by atoms with Crippen molar-refractivity contribution in [1.82, 2.24) is 0 Å². The molecule has 0 heterocycles. The monoisotopic (exact) mass is 576 g/mol. The molecule has 2 nitrogen and oxygen atoms in total. The molecular formula is C24H20N2Sn2. The van der Waals surface area contributed by atoms with E-state index in [-0.39, 0.29) is 0 Å². The zero-order valence-corrected chi connectivity index (χ0v) is 21.1. The van der Waals surface area contributed by atoms with Crippen LogP contribution in [-0.4, -0.2) is 33.1 Å². The second-order valence-electron chi connectivity index (χ2n) is 6.24. The molecule has 0 aromatic heterocycles. The first-order chi connectivity index (χ1) is 13.9. The molecule has 0 aliphatic rings. The van der Waals surface area contributed by atoms with Gasteiger partial charge in [0.15, 0.2) is 0 Å². The Balaban J connectivity index is 1.78. The Labute approximate surface area is 182 Å². The molecule has 134 valence electrons. The number of anilines is 4. The number of nitrogens with zero attached hydrogens (tertiary/aromatic N) is 2. The van der Waals surface area contributed by atoms with Crippen LogP contribution in [0.3, 0.4) is 0 Å². The van der Waals surface area contributed by atoms with E-state index in [4.69, 9.17) is 0 Å². The van der Waals surface area contributed by atoms with Gasteiger partial charge >= 0.3 is 183 Å². The number of para-hydroxylation sites is 4. The van der Waals surface area contributed by atoms with Gasteiger partial charge < -0.3 is 0 Å². The average Bonchev–Trinajstić information content (AvgIpc) is 2.79. The van der Waals surface area contributed by atoms with Crippen molar-refractivity contribution in [3.63, 3.8) is 0 Å². The Morgan fingerprint density at radius 3 is 0.750 bits per heavy atom. The summed E-state index contributed by atoms with van der Waals surface area (Å²) in [5, 5.41) is 0. The molecule has 0 bridgehead atoms. The standard InChI is InChI=1S/2C12H10N.2Sn/c2*1-3-7-11(8-4-1)13-12-9-5-2-6-10-12;;/h2*1-10H;;/q2*-1;2*+1. The van der Waals surface area contributed by atoms with Crippen molar-refractivity contribution in [2.24, 2.45) is 0 Å². The van der Waals surface area contributed by atoms with Crippen LogP contribution in [0.15, 0.2) is 121 Å². The van der Waals surface area contributed by atoms with Crippen LogP contribution in [0.1, 0.15) is 0 Å². The summed E-state index contributed by atoms with van der Waals surface area (Å²) in [6.45, 7) is 0. The van der Waals surface area contributed by atoms with Crippen LogP contribution in [0.4, 0.5) is 22.7 Å². The fraction of sp³-hybridized carbons (Fsp3) is 0. The van der Waals surface area contributed by atoms with Gasteiger partial charge in [0.05, 0.1) is 0 Å². The molecule has 0 aliphatic heterocycles. The molecule has 4 aromatic rings. The van der Waals surface area contributed by atoms with Crippen molar-refractivity contribution < 1.29 is 0 Å². The molecule has 4 rings (SSSR count). The molecule has 28 heavy (non-hydrogen) atoms. The van der Waals surface area contributed by atoms with Gasteiger partial charge in [-0.1, -0.05) is 0 Å². The van der Waals surface area contributed by atoms with Crippen LogP contribution >= 0.6 is 0 Å². The first-order valence-electron chi connectivity index (χ1n) is 9.23. The zero-order valence-electron chi connectivity index (χ0n) is 15.4. The van der Waals surface area contributed by atoms with Gasteiger partial charge in [-0.05, 0) is 0 Å². The van der Waals surface area contributed by atoms with Crippen molar-refractivity contribution in [1.29, 1.82) is 0 Å². The molecule has 0 aliphatic carbocycles. The number of hydrogen-bond acceptors (Lipinski definition) is 2. The van der Waals surface area contributed by atoms with Crippen LogP contribution < -0.4 is 6.24 Å². The van der Waals surface area contributed by atoms with E-state index in [0.29, 0.717) is 0 Å². The minimum absolute atomic E-state index is 0.818. The van der Waals surface area contributed by atoms with Crippen molar-refractivity contribution in [3.8, 4) is 0 Å². The Hall–Kier alpha value is -1.92. The summed E-state index contributed by atoms with van der Waals surface area (Å²) >= 11 is -1.64. The fourth-order valence-corrected chi connectivity index (χ4v) is 20.4. The summed E-state index contributed by atoms with van der Waals surface area (Å²) in [5.41, 5.74) is 5.29. The van der Waals surface area contributed by atoms with Gasteiger partial charge in [-0.2, -0.15) is 0 Å². The van der Waals surface area contributed by atoms with Gasteiger partial charge in [-0.3, -0.25) is 0 Å². The molecule has 0 radical (unpaired) electrons. The second kappa shape index (κ2) is 10.0. The zero-order chi connectivity index (χ0) is 19.0. The van der Waals surface area contributed by atoms with Crippen molar-refractivity contribution in [3.05, 3.63) is 121 Å². The molecule has 0 unspecified atom stereocenters. The predicted octanol–water partition coefficient (Wildman–Crippen LogP) is 5.82. The van der Waals surface area contributed by atoms with Crippen LogP contribution in [-0.2, 0) is 0 Å². The first-order valence-corrected chi connectivity index (χ1v) is 22.8. The Morgan fingerprint density at radius 1 is 0.321 bits per heavy atom. The van der Waals surface area contributed by atoms with E-state index < -0.39 is 33.1 Å². The van der Waals surface area contributed by atoms with Crippen molar-refractivity contribution in [2.45, 2.75) is 0 Å². The summed E-state index contributed by atoms with van der Waals surface area (Å²) in [4.78, 5) is 0. The van der Waals surface area contributed by atoms with Crippen LogP contribution in [0, 0.1) is 0 Å². The number of hydrogen-bond donors (Lipinski definition) is 0. The Kier molecular flexibility index (Phi) is 6.95. The van der Waals surface area contributed by atoms with E-state index >= 15 is 0 Å². The predicted molar refractivity (Wildman–Crippen MR) is 122 cm³/mol. The van der Waals surface area contributed by atoms with Gasteiger partial charge in [-0.15, -0.1) is 0 Å². The van der Waals surface area contributed by atoms with E-state index in [2.05, 4.69) is 128 Å². The van der Waals surface area contributed by atoms with Crippen molar-refractivity contribution in [2.75, 3.05) is 6.24 Å². The molecule has 0 spiro atoms. The summed E-state index contributed by atoms with van der Waals surface area (Å²) < 4.78 is 5.24. The van der Waals surface area contributed by atoms with Gasteiger partial charge in [0, 0.05) is 0 Å². The molecular weight excluding hydrogens is 554 g/mol. The molecule has 0 fully saturated rings. The SMILES string of the molecule is c1ccc([N]([Sn]#[Sn][N](c2ccccc2)c2ccccc2)c2ccccc2)cc1. The number of benzene rings is 4. The third-order valence-corrected chi connectivity index (χ3v) is 19.3. The van der Waals surface area contributed by atoms with Crippen LogP contribution in [0.5, 0.6) is 0 Å². The normalized spacial score (nSPS) is 9.86. The van der Waals surface area contributed by atoms with E-state index in [1.54, 1.807) is 0 Å². The van der Waals surface area contributed by atoms with Gasteiger partial charge in [0.2, 0.25) is 0 Å². The maximum atomic E-state index is 2.62. The maximum absolute atomic E-state index is 2.62. The van der Waals surface area contributed by atoms with E-state index in [1.165, 1.54) is 22.7 Å². The van der Waals surface area contributed by atoms with E-state index in [1.807, 2.05) is 0 Å². The summed E-state index contributed by atoms with van der Waals surface area (Å²) in [7, 11) is 0. The molecule has 0 saturated heterocycles. The molecule has 4 heteroatoms. The van der Waals surface area contributed by atoms with Gasteiger partial charge in [-0.25, -0.2) is 0 Å². The third kappa shape index (κ3) is 4.92. The van der Waals surface area contributed by atoms with Gasteiger partial charge in [0.25, 0.3) is 0 Å². The molecule has 0 saturated carbocycles. The minimum atomic E-state index is -0.818. The van der Waals surface area contributed by atoms with E-state index in [9.17, 15) is 0 Å². The molecule has 4 aromatic carbocycles. The molecule has 0 amide bonds.